The van der Waals surface area contributed by atoms with Crippen molar-refractivity contribution < 1.29 is 8.78 Å². The molecule has 0 radical (unpaired) electrons. The van der Waals surface area contributed by atoms with Crippen LogP contribution >= 0.6 is 0 Å². The third-order valence-electron chi connectivity index (χ3n) is 15.6. The zero-order valence-corrected chi connectivity index (χ0v) is 42.1. The number of fused-ring (bicyclic) bond motifs is 9. The van der Waals surface area contributed by atoms with Crippen LogP contribution in [0, 0.1) is 11.6 Å². The maximum atomic E-state index is 14.3. The van der Waals surface area contributed by atoms with Crippen molar-refractivity contribution in [2.45, 2.75) is 0 Å². The van der Waals surface area contributed by atoms with Gasteiger partial charge in [0.1, 0.15) is 11.6 Å². The van der Waals surface area contributed by atoms with Gasteiger partial charge in [-0.15, -0.1) is 0 Å². The minimum atomic E-state index is -0.261. The Balaban J connectivity index is 0.879. The fourth-order valence-corrected chi connectivity index (χ4v) is 12.1. The number of halogens is 2. The quantitative estimate of drug-likeness (QED) is 0.143. The molecule has 78 heavy (non-hydrogen) atoms. The molecular weight excluding hydrogens is 959 g/mol. The predicted octanol–water partition coefficient (Wildman–Crippen LogP) is 20.2. The Morgan fingerprint density at radius 1 is 0.256 bits per heavy atom. The lowest BCUT2D eigenvalue weighted by Crippen LogP contribution is -2.11. The van der Waals surface area contributed by atoms with Crippen LogP contribution in [0.1, 0.15) is 0 Å². The first kappa shape index (κ1) is 45.1. The van der Waals surface area contributed by atoms with Crippen LogP contribution in [-0.4, -0.2) is 9.13 Å². The lowest BCUT2D eigenvalue weighted by molar-refractivity contribution is 0.627. The molecule has 15 aromatic rings. The Kier molecular flexibility index (Phi) is 10.5. The van der Waals surface area contributed by atoms with Gasteiger partial charge in [0, 0.05) is 66.1 Å². The molecule has 0 saturated carbocycles. The maximum Gasteiger partial charge on any atom is 0.123 e. The second-order valence-corrected chi connectivity index (χ2v) is 20.0. The van der Waals surface area contributed by atoms with Crippen molar-refractivity contribution in [1.82, 2.24) is 9.13 Å². The van der Waals surface area contributed by atoms with Crippen molar-refractivity contribution in [3.8, 4) is 22.5 Å². The molecule has 0 aliphatic carbocycles. The van der Waals surface area contributed by atoms with Gasteiger partial charge in [-0.25, -0.2) is 8.78 Å². The SMILES string of the molecule is Fc1ccc(-n2c3ccccc3c3cc(N(c4ccc(-c5ccc(N(c6ccc7c(c6)c6ccccc6n7-c6ccc(F)cc6)c6cccc7ccccc67)c6ccccc56)cc4)c4cccc5ccccc45)ccc32)cc1. The number of aromatic nitrogens is 2. The summed E-state index contributed by atoms with van der Waals surface area (Å²) in [6.45, 7) is 0. The molecule has 15 rings (SSSR count). The van der Waals surface area contributed by atoms with Gasteiger partial charge in [0.25, 0.3) is 0 Å². The van der Waals surface area contributed by atoms with Crippen molar-refractivity contribution in [2.24, 2.45) is 0 Å². The normalized spacial score (nSPS) is 11.7. The molecule has 2 aromatic heterocycles. The van der Waals surface area contributed by atoms with Crippen molar-refractivity contribution >= 4 is 110 Å². The molecular formula is C72H46F2N4. The number of rotatable bonds is 9. The molecule has 2 heterocycles. The fraction of sp³-hybridized carbons (Fsp3) is 0. The van der Waals surface area contributed by atoms with Gasteiger partial charge in [0.15, 0.2) is 0 Å². The molecule has 0 N–H and O–H groups in total. The Hall–Kier alpha value is -10.3. The molecule has 0 spiro atoms. The molecule has 0 aliphatic rings. The van der Waals surface area contributed by atoms with Gasteiger partial charge >= 0.3 is 0 Å². The smallest absolute Gasteiger partial charge is 0.123 e. The molecule has 13 aromatic carbocycles. The Morgan fingerprint density at radius 2 is 0.654 bits per heavy atom. The van der Waals surface area contributed by atoms with E-state index in [0.717, 1.165) is 133 Å². The summed E-state index contributed by atoms with van der Waals surface area (Å²) >= 11 is 0. The zero-order valence-electron chi connectivity index (χ0n) is 42.1. The molecule has 0 amide bonds. The minimum Gasteiger partial charge on any atom is -0.310 e. The van der Waals surface area contributed by atoms with Crippen molar-refractivity contribution in [1.29, 1.82) is 0 Å². The number of para-hydroxylation sites is 2. The van der Waals surface area contributed by atoms with Crippen LogP contribution in [0.5, 0.6) is 0 Å². The van der Waals surface area contributed by atoms with E-state index in [1.54, 1.807) is 0 Å². The van der Waals surface area contributed by atoms with E-state index >= 15 is 0 Å². The second-order valence-electron chi connectivity index (χ2n) is 20.0. The highest BCUT2D eigenvalue weighted by Gasteiger charge is 2.23. The molecule has 0 fully saturated rings. The molecule has 6 heteroatoms. The predicted molar refractivity (Wildman–Crippen MR) is 322 cm³/mol. The van der Waals surface area contributed by atoms with Gasteiger partial charge in [-0.3, -0.25) is 0 Å². The average Bonchev–Trinajstić information content (AvgIpc) is 4.19. The van der Waals surface area contributed by atoms with Crippen LogP contribution in [0.4, 0.5) is 42.9 Å². The van der Waals surface area contributed by atoms with E-state index in [4.69, 9.17) is 0 Å². The maximum absolute atomic E-state index is 14.3. The molecule has 0 atom stereocenters. The largest absolute Gasteiger partial charge is 0.310 e. The summed E-state index contributed by atoms with van der Waals surface area (Å²) in [5.74, 6) is -0.522. The van der Waals surface area contributed by atoms with Gasteiger partial charge < -0.3 is 18.9 Å². The molecule has 368 valence electrons. The first-order valence-corrected chi connectivity index (χ1v) is 26.3. The van der Waals surface area contributed by atoms with Crippen molar-refractivity contribution in [3.63, 3.8) is 0 Å². The van der Waals surface area contributed by atoms with Crippen molar-refractivity contribution in [3.05, 3.63) is 291 Å². The number of nitrogens with zero attached hydrogens (tertiary/aromatic N) is 4. The topological polar surface area (TPSA) is 16.3 Å². The number of anilines is 6. The van der Waals surface area contributed by atoms with Gasteiger partial charge in [-0.2, -0.15) is 0 Å². The van der Waals surface area contributed by atoms with Gasteiger partial charge in [0.2, 0.25) is 0 Å². The molecule has 4 nitrogen and oxygen atoms in total. The Bertz CT molecular complexity index is 4810. The number of benzene rings is 13. The van der Waals surface area contributed by atoms with E-state index in [0.29, 0.717) is 0 Å². The summed E-state index contributed by atoms with van der Waals surface area (Å²) in [4.78, 5) is 4.78. The van der Waals surface area contributed by atoms with Crippen LogP contribution in [0.2, 0.25) is 0 Å². The van der Waals surface area contributed by atoms with E-state index in [-0.39, 0.29) is 11.6 Å². The summed E-state index contributed by atoms with van der Waals surface area (Å²) in [5, 5.41) is 11.3. The first-order chi connectivity index (χ1) is 38.5. The monoisotopic (exact) mass is 1000 g/mol. The standard InChI is InChI=1S/C72H46F2N4/c73-50-29-35-53(36-30-50)76-68-23-9-7-21-62(68)64-45-55(39-42-71(64)76)75(66-25-11-15-47-13-1-3-17-58(47)66)52-33-27-49(28-34-52)57-41-44-70(61-20-6-5-19-60(57)61)78(67-26-12-16-48-14-2-4-18-59(48)67)56-40-43-72-65(46-56)63-22-8-10-24-69(63)77(72)54-37-31-51(74)32-38-54/h1-46H. The highest BCUT2D eigenvalue weighted by Crippen LogP contribution is 2.47. The van der Waals surface area contributed by atoms with Gasteiger partial charge in [-0.05, 0) is 155 Å². The second kappa shape index (κ2) is 18.2. The fourth-order valence-electron chi connectivity index (χ4n) is 12.1. The average molecular weight is 1010 g/mol. The van der Waals surface area contributed by atoms with Crippen LogP contribution in [0.25, 0.3) is 98.4 Å². The van der Waals surface area contributed by atoms with Crippen LogP contribution < -0.4 is 9.80 Å². The van der Waals surface area contributed by atoms with E-state index in [1.807, 2.05) is 24.3 Å². The number of hydrogen-bond donors (Lipinski definition) is 0. The number of hydrogen-bond acceptors (Lipinski definition) is 2. The summed E-state index contributed by atoms with van der Waals surface area (Å²) < 4.78 is 32.9. The lowest BCUT2D eigenvalue weighted by Gasteiger charge is -2.29. The van der Waals surface area contributed by atoms with Crippen LogP contribution in [-0.2, 0) is 0 Å². The van der Waals surface area contributed by atoms with E-state index in [2.05, 4.69) is 249 Å². The highest BCUT2D eigenvalue weighted by molar-refractivity contribution is 6.14. The highest BCUT2D eigenvalue weighted by atomic mass is 19.1. The lowest BCUT2D eigenvalue weighted by atomic mass is 9.95. The van der Waals surface area contributed by atoms with E-state index < -0.39 is 0 Å². The summed E-state index contributed by atoms with van der Waals surface area (Å²) in [7, 11) is 0. The van der Waals surface area contributed by atoms with Gasteiger partial charge in [-0.1, -0.05) is 152 Å². The Labute approximate surface area is 448 Å². The first-order valence-electron chi connectivity index (χ1n) is 26.3. The molecule has 0 bridgehead atoms. The zero-order chi connectivity index (χ0) is 51.8. The van der Waals surface area contributed by atoms with E-state index in [1.165, 1.54) is 24.3 Å². The van der Waals surface area contributed by atoms with E-state index in [9.17, 15) is 8.78 Å². The third-order valence-corrected chi connectivity index (χ3v) is 15.6. The van der Waals surface area contributed by atoms with Crippen LogP contribution in [0.15, 0.2) is 279 Å². The molecule has 0 saturated heterocycles. The van der Waals surface area contributed by atoms with Gasteiger partial charge in [0.05, 0.1) is 39.1 Å². The summed E-state index contributed by atoms with van der Waals surface area (Å²) in [6, 6.07) is 96.3. The Morgan fingerprint density at radius 3 is 1.19 bits per heavy atom. The molecule has 0 aliphatic heterocycles. The van der Waals surface area contributed by atoms with Crippen LogP contribution in [0.3, 0.4) is 0 Å². The molecule has 0 unspecified atom stereocenters. The summed E-state index contributed by atoms with van der Waals surface area (Å²) in [6.07, 6.45) is 0. The third kappa shape index (κ3) is 7.33. The minimum absolute atomic E-state index is 0.261. The summed E-state index contributed by atoms with van der Waals surface area (Å²) in [5.41, 5.74) is 14.5. The van der Waals surface area contributed by atoms with Crippen molar-refractivity contribution in [2.75, 3.05) is 9.80 Å².